The molecule has 1 aromatic heterocycles. The van der Waals surface area contributed by atoms with Gasteiger partial charge in [-0.05, 0) is 35.9 Å². The molecule has 27 heavy (non-hydrogen) atoms. The summed E-state index contributed by atoms with van der Waals surface area (Å²) in [7, 11) is 3.15. The van der Waals surface area contributed by atoms with E-state index in [0.29, 0.717) is 32.1 Å². The summed E-state index contributed by atoms with van der Waals surface area (Å²) in [5, 5.41) is 13.0. The lowest BCUT2D eigenvalue weighted by molar-refractivity contribution is 0.355. The summed E-state index contributed by atoms with van der Waals surface area (Å²) in [4.78, 5) is 4.56. The minimum atomic E-state index is 0.457. The molecule has 0 saturated heterocycles. The van der Waals surface area contributed by atoms with Gasteiger partial charge in [-0.2, -0.15) is 5.26 Å². The van der Waals surface area contributed by atoms with Crippen LogP contribution < -0.4 is 9.47 Å². The van der Waals surface area contributed by atoms with E-state index in [0.717, 1.165) is 16.8 Å². The summed E-state index contributed by atoms with van der Waals surface area (Å²) < 4.78 is 10.5. The van der Waals surface area contributed by atoms with E-state index in [1.165, 1.54) is 11.3 Å². The van der Waals surface area contributed by atoms with Gasteiger partial charge in [0.25, 0.3) is 0 Å². The van der Waals surface area contributed by atoms with Crippen LogP contribution in [0.3, 0.4) is 0 Å². The van der Waals surface area contributed by atoms with E-state index in [2.05, 4.69) is 11.1 Å². The van der Waals surface area contributed by atoms with Crippen molar-refractivity contribution in [3.63, 3.8) is 0 Å². The number of aromatic nitrogens is 1. The standard InChI is InChI=1S/C20H14Cl2N2O2S/c1-25-18-6-3-12(8-19(18)26-2)7-14(10-23)20-24-17(11-27-20)13-4-5-15(21)16(22)9-13/h3-9,11H,1-2H3/b14-7+. The summed E-state index contributed by atoms with van der Waals surface area (Å²) in [5.41, 5.74) is 2.85. The zero-order valence-electron chi connectivity index (χ0n) is 14.5. The molecule has 0 aliphatic rings. The molecular weight excluding hydrogens is 403 g/mol. The van der Waals surface area contributed by atoms with Crippen molar-refractivity contribution in [3.8, 4) is 28.8 Å². The minimum Gasteiger partial charge on any atom is -0.493 e. The van der Waals surface area contributed by atoms with Crippen molar-refractivity contribution in [2.75, 3.05) is 14.2 Å². The summed E-state index contributed by atoms with van der Waals surface area (Å²) in [5.74, 6) is 1.23. The first-order chi connectivity index (χ1) is 13.0. The molecule has 0 aliphatic carbocycles. The monoisotopic (exact) mass is 416 g/mol. The van der Waals surface area contributed by atoms with E-state index in [9.17, 15) is 5.26 Å². The van der Waals surface area contributed by atoms with Crippen LogP contribution in [0.2, 0.25) is 10.0 Å². The first-order valence-corrected chi connectivity index (χ1v) is 9.44. The highest BCUT2D eigenvalue weighted by atomic mass is 35.5. The molecule has 2 aromatic carbocycles. The molecule has 4 nitrogen and oxygen atoms in total. The minimum absolute atomic E-state index is 0.457. The molecule has 3 rings (SSSR count). The zero-order valence-corrected chi connectivity index (χ0v) is 16.8. The van der Waals surface area contributed by atoms with E-state index in [-0.39, 0.29) is 0 Å². The lowest BCUT2D eigenvalue weighted by Gasteiger charge is -2.07. The van der Waals surface area contributed by atoms with Crippen molar-refractivity contribution in [2.45, 2.75) is 0 Å². The summed E-state index contributed by atoms with van der Waals surface area (Å²) in [6, 6.07) is 13.0. The number of halogens is 2. The van der Waals surface area contributed by atoms with Gasteiger partial charge in [-0.15, -0.1) is 11.3 Å². The van der Waals surface area contributed by atoms with Crippen molar-refractivity contribution in [3.05, 3.63) is 62.4 Å². The van der Waals surface area contributed by atoms with Gasteiger partial charge in [-0.1, -0.05) is 35.3 Å². The molecule has 0 radical (unpaired) electrons. The second-order valence-electron chi connectivity index (χ2n) is 5.45. The number of ether oxygens (including phenoxy) is 2. The SMILES string of the molecule is COc1ccc(/C=C(\C#N)c2nc(-c3ccc(Cl)c(Cl)c3)cs2)cc1OC. The van der Waals surface area contributed by atoms with E-state index >= 15 is 0 Å². The van der Waals surface area contributed by atoms with Crippen LogP contribution in [-0.2, 0) is 0 Å². The lowest BCUT2D eigenvalue weighted by atomic mass is 10.1. The zero-order chi connectivity index (χ0) is 19.4. The number of hydrogen-bond donors (Lipinski definition) is 0. The number of thiazole rings is 1. The number of allylic oxidation sites excluding steroid dienone is 1. The van der Waals surface area contributed by atoms with Gasteiger partial charge >= 0.3 is 0 Å². The molecule has 0 spiro atoms. The maximum absolute atomic E-state index is 9.58. The second-order valence-corrected chi connectivity index (χ2v) is 7.12. The van der Waals surface area contributed by atoms with Gasteiger partial charge in [0.15, 0.2) is 11.5 Å². The fourth-order valence-corrected chi connectivity index (χ4v) is 3.53. The predicted octanol–water partition coefficient (Wildman–Crippen LogP) is 6.20. The highest BCUT2D eigenvalue weighted by Crippen LogP contribution is 2.32. The number of hydrogen-bond acceptors (Lipinski definition) is 5. The molecule has 0 N–H and O–H groups in total. The molecule has 0 atom stereocenters. The largest absolute Gasteiger partial charge is 0.493 e. The van der Waals surface area contributed by atoms with Crippen molar-refractivity contribution in [2.24, 2.45) is 0 Å². The van der Waals surface area contributed by atoms with Crippen molar-refractivity contribution < 1.29 is 9.47 Å². The van der Waals surface area contributed by atoms with Gasteiger partial charge in [0.2, 0.25) is 0 Å². The van der Waals surface area contributed by atoms with Gasteiger partial charge in [0, 0.05) is 10.9 Å². The van der Waals surface area contributed by atoms with Crippen LogP contribution in [0.15, 0.2) is 41.8 Å². The van der Waals surface area contributed by atoms with E-state index < -0.39 is 0 Å². The van der Waals surface area contributed by atoms with Crippen LogP contribution in [-0.4, -0.2) is 19.2 Å². The Kier molecular flexibility index (Phi) is 6.02. The second kappa shape index (κ2) is 8.45. The smallest absolute Gasteiger partial charge is 0.161 e. The van der Waals surface area contributed by atoms with Crippen LogP contribution in [0.1, 0.15) is 10.6 Å². The molecule has 0 amide bonds. The maximum atomic E-state index is 9.58. The third-order valence-electron chi connectivity index (χ3n) is 3.79. The summed E-state index contributed by atoms with van der Waals surface area (Å²) in [6.07, 6.45) is 1.76. The number of rotatable bonds is 5. The lowest BCUT2D eigenvalue weighted by Crippen LogP contribution is -1.91. The van der Waals surface area contributed by atoms with Gasteiger partial charge in [-0.3, -0.25) is 0 Å². The van der Waals surface area contributed by atoms with Crippen LogP contribution in [0.4, 0.5) is 0 Å². The Hall–Kier alpha value is -2.52. The summed E-state index contributed by atoms with van der Waals surface area (Å²) >= 11 is 13.4. The number of nitriles is 1. The maximum Gasteiger partial charge on any atom is 0.161 e. The van der Waals surface area contributed by atoms with E-state index in [1.54, 1.807) is 38.5 Å². The third kappa shape index (κ3) is 4.25. The molecular formula is C20H14Cl2N2O2S. The Morgan fingerprint density at radius 2 is 1.85 bits per heavy atom. The van der Waals surface area contributed by atoms with Crippen molar-refractivity contribution >= 4 is 46.2 Å². The van der Waals surface area contributed by atoms with Crippen LogP contribution in [0.5, 0.6) is 11.5 Å². The molecule has 1 heterocycles. The first kappa shape index (κ1) is 19.2. The first-order valence-electron chi connectivity index (χ1n) is 7.81. The topological polar surface area (TPSA) is 55.1 Å². The fraction of sp³-hybridized carbons (Fsp3) is 0.100. The third-order valence-corrected chi connectivity index (χ3v) is 5.40. The van der Waals surface area contributed by atoms with E-state index in [4.69, 9.17) is 32.7 Å². The Bertz CT molecular complexity index is 1050. The molecule has 7 heteroatoms. The Balaban J connectivity index is 1.95. The Morgan fingerprint density at radius 1 is 1.07 bits per heavy atom. The molecule has 0 bridgehead atoms. The van der Waals surface area contributed by atoms with Gasteiger partial charge < -0.3 is 9.47 Å². The fourth-order valence-electron chi connectivity index (χ4n) is 2.44. The molecule has 0 fully saturated rings. The van der Waals surface area contributed by atoms with Gasteiger partial charge in [0.1, 0.15) is 11.1 Å². The van der Waals surface area contributed by atoms with E-state index in [1.807, 2.05) is 23.6 Å². The molecule has 136 valence electrons. The van der Waals surface area contributed by atoms with Crippen LogP contribution >= 0.6 is 34.5 Å². The average molecular weight is 417 g/mol. The summed E-state index contributed by atoms with van der Waals surface area (Å²) in [6.45, 7) is 0. The van der Waals surface area contributed by atoms with Crippen molar-refractivity contribution in [1.82, 2.24) is 4.98 Å². The highest BCUT2D eigenvalue weighted by molar-refractivity contribution is 7.11. The Labute approximate surface area is 171 Å². The molecule has 3 aromatic rings. The van der Waals surface area contributed by atoms with Crippen LogP contribution in [0, 0.1) is 11.3 Å². The Morgan fingerprint density at radius 3 is 2.52 bits per heavy atom. The average Bonchev–Trinajstić information content (AvgIpc) is 3.18. The molecule has 0 aliphatic heterocycles. The number of benzene rings is 2. The van der Waals surface area contributed by atoms with Gasteiger partial charge in [-0.25, -0.2) is 4.98 Å². The predicted molar refractivity (Wildman–Crippen MR) is 111 cm³/mol. The van der Waals surface area contributed by atoms with Crippen molar-refractivity contribution in [1.29, 1.82) is 5.26 Å². The molecule has 0 saturated carbocycles. The highest BCUT2D eigenvalue weighted by Gasteiger charge is 2.11. The number of methoxy groups -OCH3 is 2. The molecule has 0 unspecified atom stereocenters. The van der Waals surface area contributed by atoms with Gasteiger partial charge in [0.05, 0.1) is 35.5 Å². The quantitative estimate of drug-likeness (QED) is 0.464. The number of nitrogens with zero attached hydrogens (tertiary/aromatic N) is 2. The van der Waals surface area contributed by atoms with Crippen LogP contribution in [0.25, 0.3) is 22.9 Å². The normalized spacial score (nSPS) is 11.1.